The second-order valence-corrected chi connectivity index (χ2v) is 9.77. The molecular weight excluding hydrogens is 466 g/mol. The predicted molar refractivity (Wildman–Crippen MR) is 153 cm³/mol. The number of nitrogens with zero attached hydrogens (tertiary/aromatic N) is 5. The Morgan fingerprint density at radius 3 is 1.89 bits per heavy atom. The summed E-state index contributed by atoms with van der Waals surface area (Å²) in [6.07, 6.45) is 0. The van der Waals surface area contributed by atoms with Crippen LogP contribution < -0.4 is 0 Å². The second kappa shape index (κ2) is 6.84. The Morgan fingerprint density at radius 2 is 1.13 bits per heavy atom. The Morgan fingerprint density at radius 1 is 0.553 bits per heavy atom. The third-order valence-corrected chi connectivity index (χ3v) is 7.90. The molecule has 0 spiro atoms. The fourth-order valence-electron chi connectivity index (χ4n) is 6.46. The first-order valence-electron chi connectivity index (χ1n) is 12.6. The van der Waals surface area contributed by atoms with Crippen LogP contribution in [0.5, 0.6) is 0 Å². The topological polar surface area (TPSA) is 58.9 Å². The third-order valence-electron chi connectivity index (χ3n) is 7.90. The molecule has 9 rings (SSSR count). The molecule has 0 atom stereocenters. The van der Waals surface area contributed by atoms with E-state index in [2.05, 4.69) is 98.9 Å². The van der Waals surface area contributed by atoms with E-state index in [4.69, 9.17) is 4.98 Å². The minimum absolute atomic E-state index is 0.164. The van der Waals surface area contributed by atoms with Gasteiger partial charge in [0.2, 0.25) is 5.82 Å². The van der Waals surface area contributed by atoms with Crippen molar-refractivity contribution < 1.29 is 0 Å². The van der Waals surface area contributed by atoms with Gasteiger partial charge >= 0.3 is 0 Å². The van der Waals surface area contributed by atoms with Gasteiger partial charge in [0.05, 0.1) is 33.1 Å². The quantitative estimate of drug-likeness (QED) is 0.240. The molecule has 4 heterocycles. The normalized spacial score (nSPS) is 12.2. The van der Waals surface area contributed by atoms with E-state index in [1.165, 1.54) is 43.5 Å². The van der Waals surface area contributed by atoms with Crippen LogP contribution in [0.25, 0.3) is 76.6 Å². The first-order valence-corrected chi connectivity index (χ1v) is 12.6. The minimum Gasteiger partial charge on any atom is -0.308 e. The average molecular weight is 484 g/mol. The van der Waals surface area contributed by atoms with Crippen LogP contribution in [0.3, 0.4) is 0 Å². The molecular formula is C33H17N5. The zero-order valence-corrected chi connectivity index (χ0v) is 20.1. The van der Waals surface area contributed by atoms with Gasteiger partial charge in [-0.2, -0.15) is 5.26 Å². The van der Waals surface area contributed by atoms with Gasteiger partial charge in [-0.15, -0.1) is 0 Å². The first-order chi connectivity index (χ1) is 18.8. The van der Waals surface area contributed by atoms with Crippen LogP contribution in [0.1, 0.15) is 5.82 Å². The van der Waals surface area contributed by atoms with Gasteiger partial charge in [-0.05, 0) is 36.4 Å². The smallest absolute Gasteiger partial charge is 0.234 e. The van der Waals surface area contributed by atoms with Gasteiger partial charge < -0.3 is 4.40 Å². The molecule has 4 aromatic heterocycles. The lowest BCUT2D eigenvalue weighted by Crippen LogP contribution is -2.03. The molecule has 9 aromatic rings. The summed E-state index contributed by atoms with van der Waals surface area (Å²) >= 11 is 0. The maximum atomic E-state index is 9.82. The molecule has 0 aliphatic carbocycles. The van der Waals surface area contributed by atoms with Crippen LogP contribution in [-0.4, -0.2) is 18.9 Å². The summed E-state index contributed by atoms with van der Waals surface area (Å²) in [6.45, 7) is 0. The molecule has 0 bridgehead atoms. The lowest BCUT2D eigenvalue weighted by atomic mass is 10.0. The van der Waals surface area contributed by atoms with Crippen LogP contribution in [0, 0.1) is 11.3 Å². The molecule has 174 valence electrons. The molecule has 0 radical (unpaired) electrons. The lowest BCUT2D eigenvalue weighted by molar-refractivity contribution is 1.05. The molecule has 0 fully saturated rings. The Bertz CT molecular complexity index is 2470. The lowest BCUT2D eigenvalue weighted by Gasteiger charge is -2.11. The molecule has 38 heavy (non-hydrogen) atoms. The number of para-hydroxylation sites is 4. The van der Waals surface area contributed by atoms with Gasteiger partial charge in [-0.25, -0.2) is 9.97 Å². The van der Waals surface area contributed by atoms with Crippen molar-refractivity contribution in [3.63, 3.8) is 0 Å². The van der Waals surface area contributed by atoms with Gasteiger partial charge in [-0.1, -0.05) is 66.7 Å². The molecule has 0 amide bonds. The van der Waals surface area contributed by atoms with E-state index in [1.54, 1.807) is 0 Å². The minimum atomic E-state index is 0.164. The number of hydrogen-bond donors (Lipinski definition) is 0. The van der Waals surface area contributed by atoms with Crippen molar-refractivity contribution in [1.82, 2.24) is 18.9 Å². The van der Waals surface area contributed by atoms with E-state index in [1.807, 2.05) is 24.3 Å². The van der Waals surface area contributed by atoms with E-state index >= 15 is 0 Å². The van der Waals surface area contributed by atoms with Crippen LogP contribution in [-0.2, 0) is 0 Å². The van der Waals surface area contributed by atoms with Crippen molar-refractivity contribution in [2.75, 3.05) is 0 Å². The van der Waals surface area contributed by atoms with Crippen molar-refractivity contribution in [1.29, 1.82) is 5.26 Å². The van der Waals surface area contributed by atoms with Gasteiger partial charge in [0.25, 0.3) is 0 Å². The summed E-state index contributed by atoms with van der Waals surface area (Å²) in [7, 11) is 0. The highest BCUT2D eigenvalue weighted by Gasteiger charge is 2.25. The highest BCUT2D eigenvalue weighted by atomic mass is 15.1. The maximum absolute atomic E-state index is 9.82. The fraction of sp³-hybridized carbons (Fsp3) is 0. The van der Waals surface area contributed by atoms with Gasteiger partial charge in [0, 0.05) is 37.7 Å². The van der Waals surface area contributed by atoms with E-state index in [-0.39, 0.29) is 5.82 Å². The van der Waals surface area contributed by atoms with Crippen LogP contribution in [0.15, 0.2) is 103 Å². The standard InChI is InChI=1S/C33H17N5/c34-18-29-35-25-13-5-1-11-21(25)33(36-29)38-27-15-7-3-10-20(27)24-17-23-19-9-2-6-14-26(19)37-28-16-8-4-12-22(28)30(31(23)37)32(24)38/h1-17H. The predicted octanol–water partition coefficient (Wildman–Crippen LogP) is 7.75. The Balaban J connectivity index is 1.64. The molecule has 0 N–H and O–H groups in total. The number of nitriles is 1. The van der Waals surface area contributed by atoms with Crippen molar-refractivity contribution in [3.05, 3.63) is 109 Å². The van der Waals surface area contributed by atoms with E-state index < -0.39 is 0 Å². The average Bonchev–Trinajstić information content (AvgIpc) is 3.61. The number of benzene rings is 5. The summed E-state index contributed by atoms with van der Waals surface area (Å²) in [4.78, 5) is 9.32. The third kappa shape index (κ3) is 2.26. The van der Waals surface area contributed by atoms with Crippen LogP contribution in [0.2, 0.25) is 0 Å². The maximum Gasteiger partial charge on any atom is 0.234 e. The molecule has 0 unspecified atom stereocenters. The Kier molecular flexibility index (Phi) is 3.55. The van der Waals surface area contributed by atoms with E-state index in [0.717, 1.165) is 33.1 Å². The SMILES string of the molecule is N#Cc1nc(-n2c3ccccc3c3cc4c5ccccc5n5c6ccccc6c(c32)c45)c2ccccc2n1. The molecule has 0 aliphatic heterocycles. The molecule has 0 aliphatic rings. The van der Waals surface area contributed by atoms with E-state index in [0.29, 0.717) is 0 Å². The van der Waals surface area contributed by atoms with Gasteiger partial charge in [-0.3, -0.25) is 4.57 Å². The summed E-state index contributed by atoms with van der Waals surface area (Å²) < 4.78 is 4.64. The highest BCUT2D eigenvalue weighted by molar-refractivity contribution is 6.34. The number of fused-ring (bicyclic) bond motifs is 11. The van der Waals surface area contributed by atoms with Gasteiger partial charge in [0.15, 0.2) is 0 Å². The van der Waals surface area contributed by atoms with Crippen molar-refractivity contribution in [3.8, 4) is 11.9 Å². The Labute approximate surface area is 215 Å². The monoisotopic (exact) mass is 483 g/mol. The summed E-state index contributed by atoms with van der Waals surface area (Å²) in [6, 6.07) is 38.2. The molecule has 5 heteroatoms. The van der Waals surface area contributed by atoms with Gasteiger partial charge in [0.1, 0.15) is 11.9 Å². The largest absolute Gasteiger partial charge is 0.308 e. The van der Waals surface area contributed by atoms with Crippen LogP contribution in [0.4, 0.5) is 0 Å². The number of hydrogen-bond acceptors (Lipinski definition) is 3. The zero-order valence-electron chi connectivity index (χ0n) is 20.1. The zero-order chi connectivity index (χ0) is 25.0. The molecule has 5 nitrogen and oxygen atoms in total. The van der Waals surface area contributed by atoms with Crippen molar-refractivity contribution >= 4 is 70.8 Å². The van der Waals surface area contributed by atoms with Crippen molar-refractivity contribution in [2.45, 2.75) is 0 Å². The Hall–Kier alpha value is -5.47. The second-order valence-electron chi connectivity index (χ2n) is 9.77. The number of rotatable bonds is 1. The highest BCUT2D eigenvalue weighted by Crippen LogP contribution is 2.46. The summed E-state index contributed by atoms with van der Waals surface area (Å²) in [5.41, 5.74) is 6.51. The van der Waals surface area contributed by atoms with E-state index in [9.17, 15) is 5.26 Å². The first kappa shape index (κ1) is 19.7. The summed E-state index contributed by atoms with van der Waals surface area (Å²) in [5.74, 6) is 0.887. The molecule has 5 aromatic carbocycles. The molecule has 0 saturated heterocycles. The fourth-order valence-corrected chi connectivity index (χ4v) is 6.46. The molecule has 0 saturated carbocycles. The number of aromatic nitrogens is 4. The van der Waals surface area contributed by atoms with Crippen LogP contribution >= 0.6 is 0 Å². The summed E-state index contributed by atoms with van der Waals surface area (Å²) in [5, 5.41) is 17.9. The van der Waals surface area contributed by atoms with Crippen molar-refractivity contribution in [2.24, 2.45) is 0 Å².